The number of nitrogens with zero attached hydrogens (tertiary/aromatic N) is 3. The van der Waals surface area contributed by atoms with E-state index in [4.69, 9.17) is 4.74 Å². The Balaban J connectivity index is 1.76. The van der Waals surface area contributed by atoms with Gasteiger partial charge in [0, 0.05) is 37.6 Å². The lowest BCUT2D eigenvalue weighted by molar-refractivity contribution is -0.384. The van der Waals surface area contributed by atoms with Crippen LogP contribution in [0.3, 0.4) is 0 Å². The predicted octanol–water partition coefficient (Wildman–Crippen LogP) is 3.49. The highest BCUT2D eigenvalue weighted by atomic mass is 16.6. The summed E-state index contributed by atoms with van der Waals surface area (Å²) in [5, 5.41) is 25.0. The topological polar surface area (TPSA) is 120 Å². The Kier molecular flexibility index (Phi) is 6.66. The molecule has 1 unspecified atom stereocenters. The molecule has 3 rings (SSSR count). The molecule has 0 saturated carbocycles. The standard InChI is InChI=1S/C22H24N4O5/c1-14(2)31-17-6-4-5-15(11-17)20(27)13-24-18-8-7-16(12-19(18)26(29)30)21(28)22-23-9-10-25(22)3/h4-12,14,20,24,27H,13H2,1-3H3. The highest BCUT2D eigenvalue weighted by Crippen LogP contribution is 2.28. The molecule has 9 nitrogen and oxygen atoms in total. The van der Waals surface area contributed by atoms with Crippen LogP contribution in [0.1, 0.15) is 41.7 Å². The minimum Gasteiger partial charge on any atom is -0.491 e. The van der Waals surface area contributed by atoms with Crippen molar-refractivity contribution in [1.29, 1.82) is 0 Å². The van der Waals surface area contributed by atoms with Crippen molar-refractivity contribution in [2.75, 3.05) is 11.9 Å². The van der Waals surface area contributed by atoms with Gasteiger partial charge in [-0.3, -0.25) is 14.9 Å². The number of nitrogens with one attached hydrogen (secondary N) is 1. The fourth-order valence-corrected chi connectivity index (χ4v) is 3.08. The number of rotatable bonds is 9. The van der Waals surface area contributed by atoms with Crippen LogP contribution in [0, 0.1) is 10.1 Å². The van der Waals surface area contributed by atoms with Gasteiger partial charge >= 0.3 is 0 Å². The van der Waals surface area contributed by atoms with Crippen LogP contribution in [0.4, 0.5) is 11.4 Å². The van der Waals surface area contributed by atoms with E-state index in [2.05, 4.69) is 10.3 Å². The van der Waals surface area contributed by atoms with Crippen molar-refractivity contribution < 1.29 is 19.6 Å². The molecule has 162 valence electrons. The third kappa shape index (κ3) is 5.26. The number of hydrogen-bond acceptors (Lipinski definition) is 7. The molecule has 0 spiro atoms. The number of ether oxygens (including phenoxy) is 1. The quantitative estimate of drug-likeness (QED) is 0.306. The van der Waals surface area contributed by atoms with Gasteiger partial charge in [-0.05, 0) is 43.7 Å². The number of aliphatic hydroxyl groups is 1. The lowest BCUT2D eigenvalue weighted by Gasteiger charge is -2.16. The maximum Gasteiger partial charge on any atom is 0.293 e. The summed E-state index contributed by atoms with van der Waals surface area (Å²) in [4.78, 5) is 27.6. The third-order valence-corrected chi connectivity index (χ3v) is 4.58. The van der Waals surface area contributed by atoms with Gasteiger partial charge in [-0.15, -0.1) is 0 Å². The van der Waals surface area contributed by atoms with Gasteiger partial charge < -0.3 is 19.7 Å². The van der Waals surface area contributed by atoms with Crippen molar-refractivity contribution in [3.05, 3.63) is 81.9 Å². The summed E-state index contributed by atoms with van der Waals surface area (Å²) in [6.45, 7) is 3.86. The number of anilines is 1. The summed E-state index contributed by atoms with van der Waals surface area (Å²) in [5.74, 6) is 0.410. The highest BCUT2D eigenvalue weighted by Gasteiger charge is 2.21. The van der Waals surface area contributed by atoms with E-state index in [0.717, 1.165) is 0 Å². The number of benzene rings is 2. The van der Waals surface area contributed by atoms with E-state index in [-0.39, 0.29) is 35.4 Å². The van der Waals surface area contributed by atoms with Gasteiger partial charge in [0.1, 0.15) is 11.4 Å². The van der Waals surface area contributed by atoms with Gasteiger partial charge in [0.2, 0.25) is 5.78 Å². The number of carbonyl (C=O) groups excluding carboxylic acids is 1. The summed E-state index contributed by atoms with van der Waals surface area (Å²) in [6.07, 6.45) is 2.20. The smallest absolute Gasteiger partial charge is 0.293 e. The largest absolute Gasteiger partial charge is 0.491 e. The summed E-state index contributed by atoms with van der Waals surface area (Å²) >= 11 is 0. The fourth-order valence-electron chi connectivity index (χ4n) is 3.08. The zero-order chi connectivity index (χ0) is 22.5. The first-order valence-electron chi connectivity index (χ1n) is 9.75. The van der Waals surface area contributed by atoms with Crippen molar-refractivity contribution in [3.63, 3.8) is 0 Å². The number of imidazole rings is 1. The molecule has 31 heavy (non-hydrogen) atoms. The highest BCUT2D eigenvalue weighted by molar-refractivity contribution is 6.07. The molecule has 0 saturated heterocycles. The Bertz CT molecular complexity index is 1090. The normalized spacial score (nSPS) is 11.9. The summed E-state index contributed by atoms with van der Waals surface area (Å²) < 4.78 is 7.18. The maximum absolute atomic E-state index is 12.6. The first-order valence-corrected chi connectivity index (χ1v) is 9.75. The number of aliphatic hydroxyl groups excluding tert-OH is 1. The molecule has 9 heteroatoms. The summed E-state index contributed by atoms with van der Waals surface area (Å²) in [7, 11) is 1.67. The Morgan fingerprint density at radius 1 is 1.29 bits per heavy atom. The van der Waals surface area contributed by atoms with Crippen molar-refractivity contribution in [2.24, 2.45) is 7.05 Å². The molecule has 0 fully saturated rings. The van der Waals surface area contributed by atoms with Crippen LogP contribution >= 0.6 is 0 Å². The molecule has 0 aliphatic heterocycles. The van der Waals surface area contributed by atoms with Gasteiger partial charge in [0.15, 0.2) is 5.82 Å². The van der Waals surface area contributed by atoms with E-state index >= 15 is 0 Å². The molecule has 1 heterocycles. The number of nitro groups is 1. The molecule has 0 bridgehead atoms. The second-order valence-electron chi connectivity index (χ2n) is 7.32. The average molecular weight is 424 g/mol. The SMILES string of the molecule is CC(C)Oc1cccc(C(O)CNc2ccc(C(=O)c3nccn3C)cc2[N+](=O)[O-])c1. The van der Waals surface area contributed by atoms with Gasteiger partial charge in [-0.1, -0.05) is 12.1 Å². The number of aromatic nitrogens is 2. The van der Waals surface area contributed by atoms with Crippen molar-refractivity contribution in [2.45, 2.75) is 26.1 Å². The molecule has 0 aliphatic rings. The second kappa shape index (κ2) is 9.40. The Morgan fingerprint density at radius 3 is 2.71 bits per heavy atom. The van der Waals surface area contributed by atoms with E-state index in [9.17, 15) is 20.0 Å². The lowest BCUT2D eigenvalue weighted by Crippen LogP contribution is -2.14. The molecule has 0 amide bonds. The molecule has 0 aliphatic carbocycles. The molecule has 2 N–H and O–H groups in total. The Morgan fingerprint density at radius 2 is 2.06 bits per heavy atom. The lowest BCUT2D eigenvalue weighted by atomic mass is 10.1. The molecule has 2 aromatic carbocycles. The van der Waals surface area contributed by atoms with Crippen LogP contribution in [0.15, 0.2) is 54.9 Å². The number of ketones is 1. The van der Waals surface area contributed by atoms with Crippen LogP contribution < -0.4 is 10.1 Å². The van der Waals surface area contributed by atoms with Crippen molar-refractivity contribution in [1.82, 2.24) is 9.55 Å². The predicted molar refractivity (Wildman–Crippen MR) is 115 cm³/mol. The fraction of sp³-hybridized carbons (Fsp3) is 0.273. The van der Waals surface area contributed by atoms with E-state index in [0.29, 0.717) is 11.3 Å². The first kappa shape index (κ1) is 22.0. The minimum absolute atomic E-state index is 0.000146. The van der Waals surface area contributed by atoms with Gasteiger partial charge in [0.05, 0.1) is 17.1 Å². The number of carbonyl (C=O) groups is 1. The summed E-state index contributed by atoms with van der Waals surface area (Å²) in [6, 6.07) is 11.2. The molecule has 1 atom stereocenters. The van der Waals surface area contributed by atoms with Crippen LogP contribution in [0.2, 0.25) is 0 Å². The van der Waals surface area contributed by atoms with Crippen molar-refractivity contribution >= 4 is 17.2 Å². The minimum atomic E-state index is -0.913. The van der Waals surface area contributed by atoms with E-state index in [1.165, 1.54) is 24.4 Å². The van der Waals surface area contributed by atoms with Crippen molar-refractivity contribution in [3.8, 4) is 5.75 Å². The Hall–Kier alpha value is -3.72. The zero-order valence-electron chi connectivity index (χ0n) is 17.5. The van der Waals surface area contributed by atoms with Gasteiger partial charge in [-0.2, -0.15) is 0 Å². The van der Waals surface area contributed by atoms with E-state index in [1.807, 2.05) is 13.8 Å². The van der Waals surface area contributed by atoms with Crippen LogP contribution in [-0.2, 0) is 7.05 Å². The molecule has 3 aromatic rings. The maximum atomic E-state index is 12.6. The average Bonchev–Trinajstić information content (AvgIpc) is 3.16. The Labute approximate surface area is 179 Å². The molecular formula is C22H24N4O5. The van der Waals surface area contributed by atoms with Crippen LogP contribution in [0.5, 0.6) is 5.75 Å². The van der Waals surface area contributed by atoms with Crippen LogP contribution in [-0.4, -0.2) is 38.0 Å². The number of aryl methyl sites for hydroxylation is 1. The zero-order valence-corrected chi connectivity index (χ0v) is 17.5. The molecule has 1 aromatic heterocycles. The monoisotopic (exact) mass is 424 g/mol. The molecule has 0 radical (unpaired) electrons. The van der Waals surface area contributed by atoms with E-state index < -0.39 is 16.8 Å². The van der Waals surface area contributed by atoms with Gasteiger partial charge in [0.25, 0.3) is 5.69 Å². The van der Waals surface area contributed by atoms with Crippen LogP contribution in [0.25, 0.3) is 0 Å². The number of hydrogen-bond donors (Lipinski definition) is 2. The summed E-state index contributed by atoms with van der Waals surface area (Å²) in [5.41, 5.74) is 0.722. The molecular weight excluding hydrogens is 400 g/mol. The third-order valence-electron chi connectivity index (χ3n) is 4.58. The second-order valence-corrected chi connectivity index (χ2v) is 7.32. The number of nitro benzene ring substituents is 1. The first-order chi connectivity index (χ1) is 14.8. The van der Waals surface area contributed by atoms with E-state index in [1.54, 1.807) is 42.1 Å². The van der Waals surface area contributed by atoms with Gasteiger partial charge in [-0.25, -0.2) is 4.98 Å².